The normalized spacial score (nSPS) is 14.6. The maximum atomic E-state index is 12.3. The second-order valence-electron chi connectivity index (χ2n) is 8.74. The molecule has 0 unspecified atom stereocenters. The molecule has 0 spiro atoms. The summed E-state index contributed by atoms with van der Waals surface area (Å²) >= 11 is 0. The molecule has 1 aliphatic heterocycles. The van der Waals surface area contributed by atoms with Gasteiger partial charge in [0.15, 0.2) is 0 Å². The van der Waals surface area contributed by atoms with Crippen LogP contribution in [0.4, 0.5) is 4.79 Å². The summed E-state index contributed by atoms with van der Waals surface area (Å²) in [5, 5.41) is 5.31. The van der Waals surface area contributed by atoms with Gasteiger partial charge in [-0.1, -0.05) is 12.1 Å². The van der Waals surface area contributed by atoms with Gasteiger partial charge in [-0.05, 0) is 57.2 Å². The van der Waals surface area contributed by atoms with Gasteiger partial charge in [-0.2, -0.15) is 0 Å². The molecule has 31 heavy (non-hydrogen) atoms. The van der Waals surface area contributed by atoms with Gasteiger partial charge in [0.25, 0.3) is 5.91 Å². The maximum Gasteiger partial charge on any atom is 0.410 e. The van der Waals surface area contributed by atoms with E-state index in [9.17, 15) is 19.2 Å². The van der Waals surface area contributed by atoms with E-state index in [4.69, 9.17) is 10.5 Å². The van der Waals surface area contributed by atoms with Crippen molar-refractivity contribution in [2.24, 2.45) is 11.7 Å². The number of amides is 4. The zero-order chi connectivity index (χ0) is 23.0. The Morgan fingerprint density at radius 1 is 1.06 bits per heavy atom. The number of rotatable bonds is 7. The third kappa shape index (κ3) is 8.65. The molecule has 0 atom stereocenters. The highest BCUT2D eigenvalue weighted by Crippen LogP contribution is 2.22. The predicted octanol–water partition coefficient (Wildman–Crippen LogP) is 1.56. The molecule has 2 rings (SSSR count). The molecule has 1 heterocycles. The number of carbonyl (C=O) groups is 4. The fourth-order valence-corrected chi connectivity index (χ4v) is 3.22. The predicted molar refractivity (Wildman–Crippen MR) is 115 cm³/mol. The van der Waals surface area contributed by atoms with Crippen LogP contribution in [0.25, 0.3) is 0 Å². The maximum absolute atomic E-state index is 12.3. The first kappa shape index (κ1) is 24.2. The van der Waals surface area contributed by atoms with E-state index in [1.54, 1.807) is 29.2 Å². The number of nitrogens with one attached hydrogen (secondary N) is 2. The zero-order valence-electron chi connectivity index (χ0n) is 18.4. The Labute approximate surface area is 182 Å². The minimum atomic E-state index is -0.608. The fourth-order valence-electron chi connectivity index (χ4n) is 3.22. The molecule has 1 aromatic carbocycles. The number of hydrogen-bond acceptors (Lipinski definition) is 5. The Kier molecular flexibility index (Phi) is 8.41. The first-order valence-electron chi connectivity index (χ1n) is 10.4. The van der Waals surface area contributed by atoms with Crippen molar-refractivity contribution in [3.8, 4) is 0 Å². The van der Waals surface area contributed by atoms with E-state index >= 15 is 0 Å². The molecule has 0 saturated carbocycles. The number of primary amides is 1. The highest BCUT2D eigenvalue weighted by Gasteiger charge is 2.27. The molecule has 4 N–H and O–H groups in total. The van der Waals surface area contributed by atoms with Gasteiger partial charge in [0.2, 0.25) is 11.8 Å². The Morgan fingerprint density at radius 3 is 2.23 bits per heavy atom. The second-order valence-corrected chi connectivity index (χ2v) is 8.74. The minimum absolute atomic E-state index is 0.0426. The van der Waals surface area contributed by atoms with Crippen molar-refractivity contribution in [3.63, 3.8) is 0 Å². The number of hydrogen-bond donors (Lipinski definition) is 3. The highest BCUT2D eigenvalue weighted by molar-refractivity contribution is 5.96. The largest absolute Gasteiger partial charge is 0.444 e. The van der Waals surface area contributed by atoms with E-state index in [2.05, 4.69) is 10.6 Å². The van der Waals surface area contributed by atoms with Crippen LogP contribution in [0, 0.1) is 5.92 Å². The molecule has 1 fully saturated rings. The van der Waals surface area contributed by atoms with Gasteiger partial charge in [-0.25, -0.2) is 4.79 Å². The van der Waals surface area contributed by atoms with Crippen LogP contribution in [0.1, 0.15) is 56.0 Å². The summed E-state index contributed by atoms with van der Waals surface area (Å²) in [5.74, 6) is -0.802. The lowest BCUT2D eigenvalue weighted by molar-refractivity contribution is -0.122. The quantitative estimate of drug-likeness (QED) is 0.602. The van der Waals surface area contributed by atoms with Crippen molar-refractivity contribution in [1.29, 1.82) is 0 Å². The Morgan fingerprint density at radius 2 is 1.68 bits per heavy atom. The van der Waals surface area contributed by atoms with E-state index in [-0.39, 0.29) is 30.4 Å². The van der Waals surface area contributed by atoms with Crippen molar-refractivity contribution in [2.45, 2.75) is 52.2 Å². The molecule has 9 heteroatoms. The first-order chi connectivity index (χ1) is 14.5. The fraction of sp³-hybridized carbons (Fsp3) is 0.545. The van der Waals surface area contributed by atoms with Crippen LogP contribution in [0.3, 0.4) is 0 Å². The van der Waals surface area contributed by atoms with Crippen molar-refractivity contribution < 1.29 is 23.9 Å². The van der Waals surface area contributed by atoms with Crippen molar-refractivity contribution in [3.05, 3.63) is 35.4 Å². The van der Waals surface area contributed by atoms with Gasteiger partial charge < -0.3 is 26.0 Å². The van der Waals surface area contributed by atoms with E-state index in [0.717, 1.165) is 18.4 Å². The Hall–Kier alpha value is -3.10. The average molecular weight is 433 g/mol. The summed E-state index contributed by atoms with van der Waals surface area (Å²) < 4.78 is 5.39. The number of benzene rings is 1. The molecule has 1 saturated heterocycles. The number of nitrogens with two attached hydrogens (primary N) is 1. The number of likely N-dealkylation sites (tertiary alicyclic amines) is 1. The summed E-state index contributed by atoms with van der Waals surface area (Å²) in [6.45, 7) is 6.85. The van der Waals surface area contributed by atoms with Crippen LogP contribution in [0.15, 0.2) is 24.3 Å². The molecule has 1 aromatic rings. The summed E-state index contributed by atoms with van der Waals surface area (Å²) in [5.41, 5.74) is 5.76. The Bertz CT molecular complexity index is 793. The summed E-state index contributed by atoms with van der Waals surface area (Å²) in [6, 6.07) is 6.76. The van der Waals surface area contributed by atoms with Crippen molar-refractivity contribution >= 4 is 23.8 Å². The molecule has 4 amide bonds. The minimum Gasteiger partial charge on any atom is -0.444 e. The Balaban J connectivity index is 1.71. The highest BCUT2D eigenvalue weighted by atomic mass is 16.6. The van der Waals surface area contributed by atoms with E-state index in [1.807, 2.05) is 20.8 Å². The van der Waals surface area contributed by atoms with Crippen LogP contribution in [0.5, 0.6) is 0 Å². The van der Waals surface area contributed by atoms with Gasteiger partial charge >= 0.3 is 6.09 Å². The monoisotopic (exact) mass is 432 g/mol. The van der Waals surface area contributed by atoms with Crippen LogP contribution in [-0.4, -0.2) is 54.0 Å². The molecular formula is C22H32N4O5. The lowest BCUT2D eigenvalue weighted by atomic mass is 9.93. The van der Waals surface area contributed by atoms with Crippen molar-refractivity contribution in [2.75, 3.05) is 19.6 Å². The molecule has 0 aliphatic carbocycles. The lowest BCUT2D eigenvalue weighted by Crippen LogP contribution is -2.42. The van der Waals surface area contributed by atoms with Crippen LogP contribution >= 0.6 is 0 Å². The smallest absolute Gasteiger partial charge is 0.410 e. The second kappa shape index (κ2) is 10.8. The van der Waals surface area contributed by atoms with E-state index < -0.39 is 11.5 Å². The van der Waals surface area contributed by atoms with Crippen LogP contribution < -0.4 is 16.4 Å². The topological polar surface area (TPSA) is 131 Å². The van der Waals surface area contributed by atoms with Gasteiger partial charge in [0, 0.05) is 31.6 Å². The number of piperidine rings is 1. The van der Waals surface area contributed by atoms with Crippen LogP contribution in [-0.2, 0) is 20.9 Å². The first-order valence-corrected chi connectivity index (χ1v) is 10.4. The lowest BCUT2D eigenvalue weighted by Gasteiger charge is -2.33. The molecule has 170 valence electrons. The van der Waals surface area contributed by atoms with Gasteiger partial charge in [0.1, 0.15) is 5.60 Å². The molecule has 0 radical (unpaired) electrons. The zero-order valence-corrected chi connectivity index (χ0v) is 18.4. The van der Waals surface area contributed by atoms with Gasteiger partial charge in [-0.3, -0.25) is 14.4 Å². The standard InChI is InChI=1S/C22H32N4O5/c1-22(2,3)31-21(30)26-10-8-15(9-11-26)12-19(28)24-13-16-4-6-17(7-5-16)20(29)25-14-18(23)27/h4-7,15H,8-14H2,1-3H3,(H2,23,27)(H,24,28)(H,25,29). The molecule has 0 bridgehead atoms. The summed E-state index contributed by atoms with van der Waals surface area (Å²) in [7, 11) is 0. The third-order valence-electron chi connectivity index (χ3n) is 4.87. The van der Waals surface area contributed by atoms with Crippen LogP contribution in [0.2, 0.25) is 0 Å². The van der Waals surface area contributed by atoms with E-state index in [0.29, 0.717) is 31.6 Å². The number of nitrogens with zero attached hydrogens (tertiary/aromatic N) is 1. The van der Waals surface area contributed by atoms with E-state index in [1.165, 1.54) is 0 Å². The van der Waals surface area contributed by atoms with Gasteiger partial charge in [-0.15, -0.1) is 0 Å². The average Bonchev–Trinajstić information content (AvgIpc) is 2.70. The molecular weight excluding hydrogens is 400 g/mol. The summed E-state index contributed by atoms with van der Waals surface area (Å²) in [6.07, 6.45) is 1.64. The number of carbonyl (C=O) groups excluding carboxylic acids is 4. The van der Waals surface area contributed by atoms with Gasteiger partial charge in [0.05, 0.1) is 6.54 Å². The SMILES string of the molecule is CC(C)(C)OC(=O)N1CCC(CC(=O)NCc2ccc(C(=O)NCC(N)=O)cc2)CC1. The molecule has 1 aliphatic rings. The molecule has 0 aromatic heterocycles. The van der Waals surface area contributed by atoms with Crippen molar-refractivity contribution in [1.82, 2.24) is 15.5 Å². The number of ether oxygens (including phenoxy) is 1. The third-order valence-corrected chi connectivity index (χ3v) is 4.87. The molecule has 9 nitrogen and oxygen atoms in total. The summed E-state index contributed by atoms with van der Waals surface area (Å²) in [4.78, 5) is 48.7.